The molecule has 0 saturated carbocycles. The molecule has 214 valence electrons. The van der Waals surface area contributed by atoms with Gasteiger partial charge in [0, 0.05) is 26.2 Å². The summed E-state index contributed by atoms with van der Waals surface area (Å²) in [6, 6.07) is -0.783. The Kier molecular flexibility index (Phi) is 10.6. The van der Waals surface area contributed by atoms with Crippen molar-refractivity contribution in [1.29, 1.82) is 0 Å². The Morgan fingerprint density at radius 1 is 1.18 bits per heavy atom. The summed E-state index contributed by atoms with van der Waals surface area (Å²) in [5.74, 6) is -2.25. The van der Waals surface area contributed by atoms with Crippen LogP contribution >= 0.6 is 0 Å². The summed E-state index contributed by atoms with van der Waals surface area (Å²) in [6.45, 7) is 15.4. The molecule has 8 nitrogen and oxygen atoms in total. The van der Waals surface area contributed by atoms with E-state index in [1.807, 2.05) is 13.8 Å². The number of hydrogen-bond acceptors (Lipinski definition) is 6. The topological polar surface area (TPSA) is 96.4 Å². The number of rotatable bonds is 17. The van der Waals surface area contributed by atoms with E-state index in [1.54, 1.807) is 22.0 Å². The highest BCUT2D eigenvalue weighted by Gasteiger charge is 2.80. The molecule has 1 N–H and O–H groups in total. The van der Waals surface area contributed by atoms with Crippen molar-refractivity contribution in [1.82, 2.24) is 9.80 Å². The SMILES string of the molecule is C=CCCOC(=O)[C@H]1[C@H]2C(=O)N(CCCCCCO)C(C(=O)N(CC=C)CCCCC)C23CC(C)[C@]1(C)O3. The lowest BCUT2D eigenvalue weighted by Crippen LogP contribution is -2.56. The van der Waals surface area contributed by atoms with E-state index in [2.05, 4.69) is 20.1 Å². The van der Waals surface area contributed by atoms with E-state index >= 15 is 0 Å². The minimum Gasteiger partial charge on any atom is -0.465 e. The second-order valence-electron chi connectivity index (χ2n) is 11.4. The molecule has 3 aliphatic heterocycles. The average molecular weight is 533 g/mol. The second kappa shape index (κ2) is 13.2. The van der Waals surface area contributed by atoms with Gasteiger partial charge in [0.2, 0.25) is 11.8 Å². The van der Waals surface area contributed by atoms with Crippen molar-refractivity contribution in [2.45, 2.75) is 95.8 Å². The largest absolute Gasteiger partial charge is 0.465 e. The fourth-order valence-electron chi connectivity index (χ4n) is 6.87. The van der Waals surface area contributed by atoms with Gasteiger partial charge in [0.15, 0.2) is 0 Å². The zero-order chi connectivity index (χ0) is 27.9. The summed E-state index contributed by atoms with van der Waals surface area (Å²) < 4.78 is 12.4. The molecule has 0 aliphatic carbocycles. The molecular weight excluding hydrogens is 484 g/mol. The van der Waals surface area contributed by atoms with Crippen LogP contribution in [0.25, 0.3) is 0 Å². The predicted octanol–water partition coefficient (Wildman–Crippen LogP) is 3.87. The number of esters is 1. The molecule has 3 rings (SSSR count). The monoisotopic (exact) mass is 532 g/mol. The minimum absolute atomic E-state index is 0.0174. The molecule has 0 radical (unpaired) electrons. The Labute approximate surface area is 228 Å². The molecule has 0 aromatic carbocycles. The number of aliphatic hydroxyl groups is 1. The summed E-state index contributed by atoms with van der Waals surface area (Å²) >= 11 is 0. The lowest BCUT2D eigenvalue weighted by molar-refractivity contribution is -0.162. The molecule has 3 fully saturated rings. The van der Waals surface area contributed by atoms with Gasteiger partial charge >= 0.3 is 5.97 Å². The Morgan fingerprint density at radius 2 is 1.92 bits per heavy atom. The fraction of sp³-hybridized carbons (Fsp3) is 0.767. The molecule has 3 heterocycles. The van der Waals surface area contributed by atoms with Crippen LogP contribution in [0.15, 0.2) is 25.3 Å². The first kappa shape index (κ1) is 30.4. The average Bonchev–Trinajstić information content (AvgIpc) is 3.40. The van der Waals surface area contributed by atoms with E-state index in [9.17, 15) is 14.4 Å². The molecule has 2 bridgehead atoms. The highest BCUT2D eigenvalue weighted by molar-refractivity contribution is 5.98. The minimum atomic E-state index is -1.06. The van der Waals surface area contributed by atoms with E-state index in [0.717, 1.165) is 38.5 Å². The number of amides is 2. The number of carbonyl (C=O) groups excluding carboxylic acids is 3. The summed E-state index contributed by atoms with van der Waals surface area (Å²) in [4.78, 5) is 45.4. The van der Waals surface area contributed by atoms with Crippen LogP contribution in [-0.2, 0) is 23.9 Å². The Bertz CT molecular complexity index is 877. The number of nitrogens with zero attached hydrogens (tertiary/aromatic N) is 2. The first-order valence-corrected chi connectivity index (χ1v) is 14.5. The molecular formula is C30H48N2O6. The number of hydrogen-bond donors (Lipinski definition) is 1. The van der Waals surface area contributed by atoms with E-state index in [1.165, 1.54) is 0 Å². The first-order valence-electron chi connectivity index (χ1n) is 14.5. The van der Waals surface area contributed by atoms with E-state index < -0.39 is 35.0 Å². The molecule has 3 unspecified atom stereocenters. The van der Waals surface area contributed by atoms with Crippen molar-refractivity contribution in [3.8, 4) is 0 Å². The maximum atomic E-state index is 14.3. The third-order valence-electron chi connectivity index (χ3n) is 8.87. The number of fused-ring (bicyclic) bond motifs is 1. The highest BCUT2D eigenvalue weighted by Crippen LogP contribution is 2.65. The van der Waals surface area contributed by atoms with Gasteiger partial charge in [-0.05, 0) is 44.9 Å². The third-order valence-corrected chi connectivity index (χ3v) is 8.87. The Hall–Kier alpha value is -2.19. The van der Waals surface area contributed by atoms with Crippen LogP contribution in [0.5, 0.6) is 0 Å². The van der Waals surface area contributed by atoms with Crippen molar-refractivity contribution in [3.63, 3.8) is 0 Å². The van der Waals surface area contributed by atoms with Crippen LogP contribution in [0, 0.1) is 17.8 Å². The fourth-order valence-corrected chi connectivity index (χ4v) is 6.87. The molecule has 0 aromatic heterocycles. The van der Waals surface area contributed by atoms with Gasteiger partial charge in [-0.2, -0.15) is 0 Å². The first-order chi connectivity index (χ1) is 18.2. The zero-order valence-corrected chi connectivity index (χ0v) is 23.7. The smallest absolute Gasteiger partial charge is 0.312 e. The molecule has 1 spiro atoms. The molecule has 8 heteroatoms. The number of unbranched alkanes of at least 4 members (excludes halogenated alkanes) is 5. The summed E-state index contributed by atoms with van der Waals surface area (Å²) in [5, 5.41) is 9.13. The summed E-state index contributed by atoms with van der Waals surface area (Å²) in [7, 11) is 0. The van der Waals surface area contributed by atoms with E-state index in [0.29, 0.717) is 38.9 Å². The zero-order valence-electron chi connectivity index (χ0n) is 23.7. The van der Waals surface area contributed by atoms with Gasteiger partial charge in [0.25, 0.3) is 0 Å². The van der Waals surface area contributed by atoms with E-state index in [4.69, 9.17) is 14.6 Å². The highest BCUT2D eigenvalue weighted by atomic mass is 16.6. The van der Waals surface area contributed by atoms with Crippen LogP contribution in [0.4, 0.5) is 0 Å². The quantitative estimate of drug-likeness (QED) is 0.174. The van der Waals surface area contributed by atoms with E-state index in [-0.39, 0.29) is 30.9 Å². The van der Waals surface area contributed by atoms with Crippen LogP contribution in [0.1, 0.15) is 78.6 Å². The number of ether oxygens (including phenoxy) is 2. The second-order valence-corrected chi connectivity index (χ2v) is 11.4. The van der Waals surface area contributed by atoms with Crippen LogP contribution < -0.4 is 0 Å². The molecule has 3 aliphatic rings. The van der Waals surface area contributed by atoms with Gasteiger partial charge < -0.3 is 24.4 Å². The van der Waals surface area contributed by atoms with Gasteiger partial charge in [-0.15, -0.1) is 13.2 Å². The van der Waals surface area contributed by atoms with Crippen LogP contribution in [-0.4, -0.2) is 82.8 Å². The van der Waals surface area contributed by atoms with Gasteiger partial charge in [-0.1, -0.05) is 51.7 Å². The van der Waals surface area contributed by atoms with Crippen LogP contribution in [0.2, 0.25) is 0 Å². The number of likely N-dealkylation sites (tertiary alicyclic amines) is 1. The molecule has 0 aromatic rings. The third kappa shape index (κ3) is 5.57. The summed E-state index contributed by atoms with van der Waals surface area (Å²) in [5.41, 5.74) is -1.93. The molecule has 38 heavy (non-hydrogen) atoms. The lowest BCUT2D eigenvalue weighted by atomic mass is 9.62. The molecule has 6 atom stereocenters. The Morgan fingerprint density at radius 3 is 2.58 bits per heavy atom. The predicted molar refractivity (Wildman–Crippen MR) is 146 cm³/mol. The Balaban J connectivity index is 1.97. The maximum absolute atomic E-state index is 14.3. The molecule has 2 amide bonds. The molecule has 3 saturated heterocycles. The number of carbonyl (C=O) groups is 3. The summed E-state index contributed by atoms with van der Waals surface area (Å²) in [6.07, 6.45) is 10.6. The number of aliphatic hydroxyl groups excluding tert-OH is 1. The van der Waals surface area contributed by atoms with Crippen molar-refractivity contribution in [2.24, 2.45) is 17.8 Å². The van der Waals surface area contributed by atoms with Crippen molar-refractivity contribution in [3.05, 3.63) is 25.3 Å². The van der Waals surface area contributed by atoms with Crippen molar-refractivity contribution in [2.75, 3.05) is 32.8 Å². The van der Waals surface area contributed by atoms with Crippen molar-refractivity contribution >= 4 is 17.8 Å². The van der Waals surface area contributed by atoms with Gasteiger partial charge in [0.05, 0.1) is 18.1 Å². The maximum Gasteiger partial charge on any atom is 0.312 e. The van der Waals surface area contributed by atoms with Gasteiger partial charge in [-0.25, -0.2) is 0 Å². The van der Waals surface area contributed by atoms with Crippen LogP contribution in [0.3, 0.4) is 0 Å². The normalized spacial score (nSPS) is 31.4. The lowest BCUT2D eigenvalue weighted by Gasteiger charge is -2.37. The van der Waals surface area contributed by atoms with Gasteiger partial charge in [-0.3, -0.25) is 14.4 Å². The van der Waals surface area contributed by atoms with Crippen molar-refractivity contribution < 1.29 is 29.0 Å². The van der Waals surface area contributed by atoms with Gasteiger partial charge in [0.1, 0.15) is 17.6 Å². The standard InChI is InChI=1S/C30H48N2O6/c1-6-9-13-17-31(16-8-3)27(35)25-30-21-22(4)29(5,38-30)24(28(36)37-20-10-7-2)23(30)26(34)32(25)18-14-11-12-15-19-33/h7-8,22-25,33H,2-3,6,9-21H2,1,4-5H3/t22?,23-,24+,25?,29-,30?/m0/s1.